The van der Waals surface area contributed by atoms with Crippen LogP contribution >= 0.6 is 11.8 Å². The van der Waals surface area contributed by atoms with Crippen LogP contribution in [0.25, 0.3) is 11.4 Å². The molecule has 0 aliphatic rings. The second-order valence-electron chi connectivity index (χ2n) is 6.34. The first-order valence-electron chi connectivity index (χ1n) is 8.94. The van der Waals surface area contributed by atoms with Crippen LogP contribution in [-0.2, 0) is 6.54 Å². The summed E-state index contributed by atoms with van der Waals surface area (Å²) in [5, 5.41) is 8.77. The summed E-state index contributed by atoms with van der Waals surface area (Å²) in [7, 11) is 0. The molecule has 146 valence electrons. The van der Waals surface area contributed by atoms with E-state index in [4.69, 9.17) is 4.42 Å². The molecule has 0 aliphatic carbocycles. The molecule has 1 aromatic carbocycles. The van der Waals surface area contributed by atoms with Crippen LogP contribution in [0.3, 0.4) is 0 Å². The van der Waals surface area contributed by atoms with Gasteiger partial charge in [-0.05, 0) is 55.5 Å². The second kappa shape index (κ2) is 8.40. The topological polar surface area (TPSA) is 73.8 Å². The summed E-state index contributed by atoms with van der Waals surface area (Å²) in [5.74, 6) is 0.902. The Balaban J connectivity index is 1.63. The highest BCUT2D eigenvalue weighted by Crippen LogP contribution is 2.29. The summed E-state index contributed by atoms with van der Waals surface area (Å²) in [5.41, 5.74) is 1.27. The second-order valence-corrected chi connectivity index (χ2v) is 7.65. The fourth-order valence-corrected chi connectivity index (χ4v) is 3.77. The Morgan fingerprint density at radius 1 is 1.17 bits per heavy atom. The van der Waals surface area contributed by atoms with Gasteiger partial charge in [-0.1, -0.05) is 11.8 Å². The van der Waals surface area contributed by atoms with Crippen molar-refractivity contribution in [3.63, 3.8) is 0 Å². The third-order valence-electron chi connectivity index (χ3n) is 4.31. The maximum absolute atomic E-state index is 13.1. The van der Waals surface area contributed by atoms with Gasteiger partial charge in [0.15, 0.2) is 16.8 Å². The quantitative estimate of drug-likeness (QED) is 0.331. The normalized spacial score (nSPS) is 12.1. The van der Waals surface area contributed by atoms with E-state index < -0.39 is 5.25 Å². The highest BCUT2D eigenvalue weighted by molar-refractivity contribution is 8.00. The number of rotatable bonds is 7. The van der Waals surface area contributed by atoms with Crippen molar-refractivity contribution in [1.29, 1.82) is 0 Å². The van der Waals surface area contributed by atoms with Crippen LogP contribution in [0.4, 0.5) is 4.39 Å². The van der Waals surface area contributed by atoms with Gasteiger partial charge in [-0.2, -0.15) is 0 Å². The first kappa shape index (κ1) is 19.1. The molecule has 0 saturated carbocycles. The Morgan fingerprint density at radius 2 is 2.00 bits per heavy atom. The van der Waals surface area contributed by atoms with Crippen molar-refractivity contribution < 1.29 is 13.6 Å². The van der Waals surface area contributed by atoms with Crippen LogP contribution in [0.2, 0.25) is 0 Å². The maximum atomic E-state index is 13.1. The molecule has 0 aliphatic heterocycles. The van der Waals surface area contributed by atoms with Crippen LogP contribution in [0.1, 0.15) is 23.0 Å². The highest BCUT2D eigenvalue weighted by atomic mass is 32.2. The molecule has 6 nitrogen and oxygen atoms in total. The third kappa shape index (κ3) is 4.27. The zero-order chi connectivity index (χ0) is 20.2. The number of halogens is 1. The predicted molar refractivity (Wildman–Crippen MR) is 107 cm³/mol. The van der Waals surface area contributed by atoms with Gasteiger partial charge >= 0.3 is 0 Å². The van der Waals surface area contributed by atoms with E-state index in [2.05, 4.69) is 15.2 Å². The molecule has 29 heavy (non-hydrogen) atoms. The van der Waals surface area contributed by atoms with Crippen LogP contribution in [-0.4, -0.2) is 30.8 Å². The van der Waals surface area contributed by atoms with Crippen LogP contribution in [0.15, 0.2) is 76.8 Å². The lowest BCUT2D eigenvalue weighted by atomic mass is 10.1. The molecule has 4 rings (SSSR count). The van der Waals surface area contributed by atoms with Gasteiger partial charge in [-0.25, -0.2) is 4.39 Å². The molecule has 0 spiro atoms. The van der Waals surface area contributed by atoms with Crippen LogP contribution in [0, 0.1) is 5.82 Å². The largest absolute Gasteiger partial charge is 0.467 e. The Kier molecular flexibility index (Phi) is 5.53. The van der Waals surface area contributed by atoms with Gasteiger partial charge in [0.25, 0.3) is 0 Å². The SMILES string of the molecule is C[C@H](Sc1nnc(-c2cccnc2)n1Cc1ccco1)C(=O)c1ccc(F)cc1. The standard InChI is InChI=1S/C21H17FN4O2S/c1-14(19(27)15-6-8-17(22)9-7-15)29-21-25-24-20(16-4-2-10-23-12-16)26(21)13-18-5-3-11-28-18/h2-12,14H,13H2,1H3/t14-/m0/s1. The minimum absolute atomic E-state index is 0.106. The molecule has 0 fully saturated rings. The summed E-state index contributed by atoms with van der Waals surface area (Å²) < 4.78 is 20.5. The number of nitrogens with zero attached hydrogens (tertiary/aromatic N) is 4. The number of hydrogen-bond donors (Lipinski definition) is 0. The van der Waals surface area contributed by atoms with Crippen molar-refractivity contribution >= 4 is 17.5 Å². The van der Waals surface area contributed by atoms with E-state index in [1.807, 2.05) is 28.8 Å². The summed E-state index contributed by atoms with van der Waals surface area (Å²) in [6.45, 7) is 2.22. The van der Waals surface area contributed by atoms with E-state index >= 15 is 0 Å². The summed E-state index contributed by atoms with van der Waals surface area (Å²) in [6.07, 6.45) is 5.01. The van der Waals surface area contributed by atoms with E-state index in [9.17, 15) is 9.18 Å². The summed E-state index contributed by atoms with van der Waals surface area (Å²) in [4.78, 5) is 16.9. The number of furan rings is 1. The van der Waals surface area contributed by atoms with Gasteiger partial charge in [0, 0.05) is 23.5 Å². The lowest BCUT2D eigenvalue weighted by Gasteiger charge is -2.12. The number of aromatic nitrogens is 4. The van der Waals surface area contributed by atoms with Gasteiger partial charge < -0.3 is 4.42 Å². The molecular formula is C21H17FN4O2S. The van der Waals surface area contributed by atoms with Crippen molar-refractivity contribution in [3.05, 3.63) is 84.3 Å². The molecule has 1 atom stereocenters. The number of pyridine rings is 1. The van der Waals surface area contributed by atoms with E-state index in [-0.39, 0.29) is 11.6 Å². The van der Waals surface area contributed by atoms with Crippen molar-refractivity contribution in [2.75, 3.05) is 0 Å². The average Bonchev–Trinajstić information content (AvgIpc) is 3.39. The van der Waals surface area contributed by atoms with Gasteiger partial charge in [-0.15, -0.1) is 10.2 Å². The Morgan fingerprint density at radius 3 is 2.69 bits per heavy atom. The van der Waals surface area contributed by atoms with Crippen molar-refractivity contribution in [2.24, 2.45) is 0 Å². The molecule has 0 unspecified atom stereocenters. The fraction of sp³-hybridized carbons (Fsp3) is 0.143. The van der Waals surface area contributed by atoms with Crippen LogP contribution in [0.5, 0.6) is 0 Å². The minimum Gasteiger partial charge on any atom is -0.467 e. The monoisotopic (exact) mass is 408 g/mol. The molecule has 3 heterocycles. The number of thioether (sulfide) groups is 1. The first-order chi connectivity index (χ1) is 14.1. The predicted octanol–water partition coefficient (Wildman–Crippen LogP) is 4.48. The number of hydrogen-bond acceptors (Lipinski definition) is 6. The number of carbonyl (C=O) groups excluding carboxylic acids is 1. The molecule has 0 bridgehead atoms. The summed E-state index contributed by atoms with van der Waals surface area (Å²) in [6, 6.07) is 13.0. The number of Topliss-reactive ketones (excluding diaryl/α,β-unsaturated/α-hetero) is 1. The van der Waals surface area contributed by atoms with Crippen LogP contribution < -0.4 is 0 Å². The van der Waals surface area contributed by atoms with Crippen molar-refractivity contribution in [2.45, 2.75) is 23.9 Å². The van der Waals surface area contributed by atoms with Gasteiger partial charge in [0.05, 0.1) is 18.1 Å². The zero-order valence-corrected chi connectivity index (χ0v) is 16.3. The van der Waals surface area contributed by atoms with E-state index in [1.54, 1.807) is 25.6 Å². The van der Waals surface area contributed by atoms with Crippen molar-refractivity contribution in [1.82, 2.24) is 19.7 Å². The molecule has 8 heteroatoms. The fourth-order valence-electron chi connectivity index (χ4n) is 2.85. The number of benzene rings is 1. The first-order valence-corrected chi connectivity index (χ1v) is 9.82. The maximum Gasteiger partial charge on any atom is 0.192 e. The Labute approximate surface area is 170 Å². The molecular weight excluding hydrogens is 391 g/mol. The molecule has 0 radical (unpaired) electrons. The highest BCUT2D eigenvalue weighted by Gasteiger charge is 2.22. The molecule has 0 N–H and O–H groups in total. The Bertz CT molecular complexity index is 1100. The number of carbonyl (C=O) groups is 1. The van der Waals surface area contributed by atoms with Gasteiger partial charge in [0.2, 0.25) is 0 Å². The van der Waals surface area contributed by atoms with E-state index in [1.165, 1.54) is 36.0 Å². The lowest BCUT2D eigenvalue weighted by Crippen LogP contribution is -2.15. The summed E-state index contributed by atoms with van der Waals surface area (Å²) >= 11 is 1.30. The van der Waals surface area contributed by atoms with E-state index in [0.717, 1.165) is 11.3 Å². The molecule has 0 amide bonds. The lowest BCUT2D eigenvalue weighted by molar-refractivity contribution is 0.0994. The van der Waals surface area contributed by atoms with Gasteiger partial charge in [0.1, 0.15) is 11.6 Å². The molecule has 3 aromatic heterocycles. The van der Waals surface area contributed by atoms with Crippen molar-refractivity contribution in [3.8, 4) is 11.4 Å². The zero-order valence-electron chi connectivity index (χ0n) is 15.5. The van der Waals surface area contributed by atoms with Gasteiger partial charge in [-0.3, -0.25) is 14.3 Å². The minimum atomic E-state index is -0.429. The third-order valence-corrected chi connectivity index (χ3v) is 5.39. The molecule has 4 aromatic rings. The average molecular weight is 408 g/mol. The number of ketones is 1. The smallest absolute Gasteiger partial charge is 0.192 e. The Hall–Kier alpha value is -3.26. The molecule has 0 saturated heterocycles. The van der Waals surface area contributed by atoms with E-state index in [0.29, 0.717) is 23.1 Å².